The SMILES string of the molecule is CC.Cc1nnn(-c2cc(Cl)ccc2NP(=O)(O)c2ccc(C(C)(C)C)cc2)c1C. The minimum absolute atomic E-state index is 0.0305. The Morgan fingerprint density at radius 2 is 1.67 bits per heavy atom. The molecule has 0 saturated heterocycles. The van der Waals surface area contributed by atoms with E-state index in [9.17, 15) is 9.46 Å². The first kappa shape index (κ1) is 24.1. The average Bonchev–Trinajstić information content (AvgIpc) is 3.03. The number of rotatable bonds is 4. The van der Waals surface area contributed by atoms with Crippen molar-refractivity contribution >= 4 is 30.1 Å². The van der Waals surface area contributed by atoms with Gasteiger partial charge in [-0.25, -0.2) is 4.68 Å². The molecule has 0 spiro atoms. The van der Waals surface area contributed by atoms with E-state index in [1.807, 2.05) is 39.8 Å². The van der Waals surface area contributed by atoms with Crippen LogP contribution in [-0.4, -0.2) is 19.9 Å². The van der Waals surface area contributed by atoms with Crippen LogP contribution in [0.4, 0.5) is 5.69 Å². The van der Waals surface area contributed by atoms with Gasteiger partial charge in [-0.05, 0) is 55.2 Å². The number of aromatic nitrogens is 3. The Labute approximate surface area is 183 Å². The fraction of sp³-hybridized carbons (Fsp3) is 0.364. The topological polar surface area (TPSA) is 80.0 Å². The fourth-order valence-electron chi connectivity index (χ4n) is 2.80. The van der Waals surface area contributed by atoms with E-state index in [0.717, 1.165) is 17.0 Å². The van der Waals surface area contributed by atoms with Gasteiger partial charge in [0.25, 0.3) is 0 Å². The van der Waals surface area contributed by atoms with E-state index < -0.39 is 7.52 Å². The van der Waals surface area contributed by atoms with Gasteiger partial charge in [0.1, 0.15) is 0 Å². The van der Waals surface area contributed by atoms with Crippen LogP contribution in [0.2, 0.25) is 5.02 Å². The Bertz CT molecular complexity index is 1060. The number of hydrogen-bond donors (Lipinski definition) is 2. The molecule has 2 N–H and O–H groups in total. The van der Waals surface area contributed by atoms with Gasteiger partial charge in [0.15, 0.2) is 0 Å². The molecule has 0 bridgehead atoms. The van der Waals surface area contributed by atoms with Crippen LogP contribution < -0.4 is 10.4 Å². The highest BCUT2D eigenvalue weighted by atomic mass is 35.5. The lowest BCUT2D eigenvalue weighted by atomic mass is 9.87. The molecule has 0 aliphatic heterocycles. The second kappa shape index (κ2) is 9.34. The lowest BCUT2D eigenvalue weighted by Gasteiger charge is -2.21. The fourth-order valence-corrected chi connectivity index (χ4v) is 4.16. The van der Waals surface area contributed by atoms with Crippen molar-refractivity contribution < 1.29 is 9.46 Å². The lowest BCUT2D eigenvalue weighted by Crippen LogP contribution is -2.16. The molecule has 1 atom stereocenters. The Morgan fingerprint density at radius 1 is 1.07 bits per heavy atom. The highest BCUT2D eigenvalue weighted by molar-refractivity contribution is 7.67. The summed E-state index contributed by atoms with van der Waals surface area (Å²) in [6.07, 6.45) is 0. The zero-order chi connectivity index (χ0) is 22.7. The van der Waals surface area contributed by atoms with Crippen molar-refractivity contribution in [3.63, 3.8) is 0 Å². The quantitative estimate of drug-likeness (QED) is 0.494. The highest BCUT2D eigenvalue weighted by Crippen LogP contribution is 2.42. The van der Waals surface area contributed by atoms with Crippen LogP contribution in [0.15, 0.2) is 42.5 Å². The summed E-state index contributed by atoms with van der Waals surface area (Å²) in [4.78, 5) is 10.7. The molecule has 1 heterocycles. The predicted molar refractivity (Wildman–Crippen MR) is 125 cm³/mol. The third kappa shape index (κ3) is 5.31. The second-order valence-electron chi connectivity index (χ2n) is 7.82. The molecule has 6 nitrogen and oxygen atoms in total. The zero-order valence-electron chi connectivity index (χ0n) is 18.6. The van der Waals surface area contributed by atoms with Crippen LogP contribution in [0, 0.1) is 13.8 Å². The number of nitrogens with one attached hydrogen (secondary N) is 1. The molecule has 0 aliphatic rings. The standard InChI is InChI=1S/C20H24ClN4O2P.C2H6/c1-13-14(2)25(24-22-13)19-12-16(21)8-11-18(19)23-28(26,27)17-9-6-15(7-10-17)20(3,4)5;1-2/h6-12H,1-5H3,(H2,23,26,27);1-2H3. The smallest absolute Gasteiger partial charge is 0.321 e. The maximum Gasteiger partial charge on any atom is 0.321 e. The summed E-state index contributed by atoms with van der Waals surface area (Å²) in [7, 11) is -3.86. The van der Waals surface area contributed by atoms with E-state index >= 15 is 0 Å². The maximum atomic E-state index is 13.1. The number of hydrogen-bond acceptors (Lipinski definition) is 3. The number of aryl methyl sites for hydroxylation is 1. The van der Waals surface area contributed by atoms with Crippen molar-refractivity contribution in [2.75, 3.05) is 5.09 Å². The molecule has 0 radical (unpaired) electrons. The highest BCUT2D eigenvalue weighted by Gasteiger charge is 2.25. The van der Waals surface area contributed by atoms with Gasteiger partial charge in [-0.3, -0.25) is 4.57 Å². The molecule has 1 aromatic heterocycles. The Kier molecular flexibility index (Phi) is 7.51. The van der Waals surface area contributed by atoms with Crippen LogP contribution in [0.5, 0.6) is 0 Å². The number of nitrogens with zero attached hydrogens (tertiary/aromatic N) is 3. The van der Waals surface area contributed by atoms with E-state index in [4.69, 9.17) is 11.6 Å². The van der Waals surface area contributed by atoms with Crippen molar-refractivity contribution in [1.29, 1.82) is 0 Å². The van der Waals surface area contributed by atoms with Crippen molar-refractivity contribution in [3.8, 4) is 5.69 Å². The first-order valence-corrected chi connectivity index (χ1v) is 11.9. The van der Waals surface area contributed by atoms with Gasteiger partial charge in [-0.2, -0.15) is 0 Å². The molecule has 0 aliphatic carbocycles. The molecule has 2 aromatic carbocycles. The summed E-state index contributed by atoms with van der Waals surface area (Å²) in [5, 5.41) is 11.8. The number of anilines is 1. The Balaban J connectivity index is 0.00000155. The summed E-state index contributed by atoms with van der Waals surface area (Å²) >= 11 is 6.15. The number of benzene rings is 2. The van der Waals surface area contributed by atoms with Gasteiger partial charge in [0.2, 0.25) is 0 Å². The van der Waals surface area contributed by atoms with Crippen LogP contribution in [0.25, 0.3) is 5.69 Å². The van der Waals surface area contributed by atoms with E-state index in [0.29, 0.717) is 21.7 Å². The van der Waals surface area contributed by atoms with Gasteiger partial charge in [-0.15, -0.1) is 5.10 Å². The molecule has 30 heavy (non-hydrogen) atoms. The molecular formula is C22H30ClN4O2P. The normalized spacial score (nSPS) is 13.2. The van der Waals surface area contributed by atoms with Crippen molar-refractivity contribution in [2.24, 2.45) is 0 Å². The Morgan fingerprint density at radius 3 is 2.17 bits per heavy atom. The molecule has 1 unspecified atom stereocenters. The third-order valence-corrected chi connectivity index (χ3v) is 6.45. The van der Waals surface area contributed by atoms with Gasteiger partial charge in [0, 0.05) is 5.02 Å². The van der Waals surface area contributed by atoms with Crippen molar-refractivity contribution in [3.05, 3.63) is 64.4 Å². The monoisotopic (exact) mass is 448 g/mol. The van der Waals surface area contributed by atoms with E-state index in [1.165, 1.54) is 0 Å². The van der Waals surface area contributed by atoms with Crippen LogP contribution in [0.1, 0.15) is 51.6 Å². The van der Waals surface area contributed by atoms with Gasteiger partial charge in [0.05, 0.1) is 28.1 Å². The van der Waals surface area contributed by atoms with Gasteiger partial charge in [-0.1, -0.05) is 63.6 Å². The van der Waals surface area contributed by atoms with Gasteiger partial charge >= 0.3 is 7.52 Å². The molecule has 3 rings (SSSR count). The minimum Gasteiger partial charge on any atom is -0.326 e. The predicted octanol–water partition coefficient (Wildman–Crippen LogP) is 5.78. The maximum absolute atomic E-state index is 13.1. The van der Waals surface area contributed by atoms with Gasteiger partial charge < -0.3 is 9.98 Å². The van der Waals surface area contributed by atoms with Crippen LogP contribution in [-0.2, 0) is 9.98 Å². The number of halogens is 1. The summed E-state index contributed by atoms with van der Waals surface area (Å²) in [6.45, 7) is 14.0. The first-order valence-electron chi connectivity index (χ1n) is 9.90. The largest absolute Gasteiger partial charge is 0.326 e. The van der Waals surface area contributed by atoms with E-state index in [1.54, 1.807) is 35.0 Å². The Hall–Kier alpha value is -2.14. The summed E-state index contributed by atoms with van der Waals surface area (Å²) in [5.74, 6) is 0. The van der Waals surface area contributed by atoms with Crippen molar-refractivity contribution in [2.45, 2.75) is 53.9 Å². The zero-order valence-corrected chi connectivity index (χ0v) is 20.2. The molecule has 0 saturated carbocycles. The minimum atomic E-state index is -3.86. The second-order valence-corrected chi connectivity index (χ2v) is 10.1. The molecule has 3 aromatic rings. The lowest BCUT2D eigenvalue weighted by molar-refractivity contribution is 0.495. The average molecular weight is 449 g/mol. The summed E-state index contributed by atoms with van der Waals surface area (Å²) in [5.41, 5.74) is 3.67. The molecule has 0 amide bonds. The molecule has 8 heteroatoms. The van der Waals surface area contributed by atoms with Crippen LogP contribution >= 0.6 is 19.1 Å². The van der Waals surface area contributed by atoms with E-state index in [2.05, 4.69) is 36.2 Å². The first-order chi connectivity index (χ1) is 14.0. The van der Waals surface area contributed by atoms with Crippen LogP contribution in [0.3, 0.4) is 0 Å². The molecule has 0 fully saturated rings. The van der Waals surface area contributed by atoms with E-state index in [-0.39, 0.29) is 5.41 Å². The molecule has 162 valence electrons. The summed E-state index contributed by atoms with van der Waals surface area (Å²) < 4.78 is 14.7. The summed E-state index contributed by atoms with van der Waals surface area (Å²) in [6, 6.07) is 12.2. The molecular weight excluding hydrogens is 419 g/mol. The third-order valence-electron chi connectivity index (χ3n) is 4.67. The van der Waals surface area contributed by atoms with Crippen molar-refractivity contribution in [1.82, 2.24) is 15.0 Å².